The zero-order chi connectivity index (χ0) is 19.8. The van der Waals surface area contributed by atoms with Crippen LogP contribution in [0.4, 0.5) is 10.5 Å². The number of anilines is 1. The molecule has 7 nitrogen and oxygen atoms in total. The fourth-order valence-electron chi connectivity index (χ4n) is 3.49. The molecule has 3 N–H and O–H groups in total. The number of hydrogen-bond donors (Lipinski definition) is 2. The summed E-state index contributed by atoms with van der Waals surface area (Å²) in [5.41, 5.74) is 8.50. The second-order valence-corrected chi connectivity index (χ2v) is 8.30. The number of nitrogens with zero attached hydrogens (tertiary/aromatic N) is 3. The zero-order valence-corrected chi connectivity index (χ0v) is 17.4. The highest BCUT2D eigenvalue weighted by Gasteiger charge is 2.23. The Labute approximate surface area is 171 Å². The van der Waals surface area contributed by atoms with E-state index >= 15 is 0 Å². The average molecular weight is 406 g/mol. The first-order valence-electron chi connectivity index (χ1n) is 10.1. The molecule has 2 aliphatic heterocycles. The largest absolute Gasteiger partial charge is 0.450 e. The first-order valence-corrected chi connectivity index (χ1v) is 11.2. The van der Waals surface area contributed by atoms with Crippen molar-refractivity contribution < 1.29 is 9.53 Å². The van der Waals surface area contributed by atoms with Crippen molar-refractivity contribution in [3.05, 3.63) is 29.8 Å². The third-order valence-corrected chi connectivity index (χ3v) is 6.06. The molecule has 0 saturated carbocycles. The number of hydrogen-bond acceptors (Lipinski definition) is 5. The second kappa shape index (κ2) is 10.5. The van der Waals surface area contributed by atoms with E-state index in [9.17, 15) is 4.79 Å². The molecule has 0 radical (unpaired) electrons. The number of rotatable bonds is 5. The summed E-state index contributed by atoms with van der Waals surface area (Å²) in [5, 5.41) is 3.28. The molecule has 1 amide bonds. The lowest BCUT2D eigenvalue weighted by Crippen LogP contribution is -2.48. The lowest BCUT2D eigenvalue weighted by Gasteiger charge is -2.31. The van der Waals surface area contributed by atoms with Gasteiger partial charge in [0.15, 0.2) is 5.96 Å². The minimum atomic E-state index is -0.227. The molecule has 0 atom stereocenters. The molecule has 0 aromatic heterocycles. The van der Waals surface area contributed by atoms with Crippen molar-refractivity contribution in [1.82, 2.24) is 10.2 Å². The van der Waals surface area contributed by atoms with Crippen LogP contribution in [0.15, 0.2) is 29.3 Å². The number of likely N-dealkylation sites (tertiary alicyclic amines) is 1. The van der Waals surface area contributed by atoms with Crippen LogP contribution in [0.2, 0.25) is 0 Å². The van der Waals surface area contributed by atoms with Crippen LogP contribution in [0.25, 0.3) is 0 Å². The Balaban J connectivity index is 1.42. The fourth-order valence-corrected chi connectivity index (χ4v) is 4.39. The number of nitrogens with two attached hydrogens (primary N) is 1. The van der Waals surface area contributed by atoms with Gasteiger partial charge in [0.2, 0.25) is 0 Å². The summed E-state index contributed by atoms with van der Waals surface area (Å²) in [5.74, 6) is 2.87. The molecule has 2 aliphatic rings. The van der Waals surface area contributed by atoms with Crippen LogP contribution < -0.4 is 16.0 Å². The van der Waals surface area contributed by atoms with E-state index in [1.54, 1.807) is 4.90 Å². The molecular formula is C20H31N5O2S. The quantitative estimate of drug-likeness (QED) is 0.578. The highest BCUT2D eigenvalue weighted by atomic mass is 32.2. The van der Waals surface area contributed by atoms with Gasteiger partial charge in [0, 0.05) is 49.4 Å². The lowest BCUT2D eigenvalue weighted by molar-refractivity contribution is 0.0963. The number of carbonyl (C=O) groups is 1. The van der Waals surface area contributed by atoms with Gasteiger partial charge in [-0.15, -0.1) is 0 Å². The normalized spacial score (nSPS) is 18.8. The van der Waals surface area contributed by atoms with E-state index < -0.39 is 0 Å². The summed E-state index contributed by atoms with van der Waals surface area (Å²) < 4.78 is 5.05. The summed E-state index contributed by atoms with van der Waals surface area (Å²) in [7, 11) is 0. The number of guanidine groups is 1. The van der Waals surface area contributed by atoms with Gasteiger partial charge >= 0.3 is 6.09 Å². The van der Waals surface area contributed by atoms with Crippen molar-refractivity contribution in [2.45, 2.75) is 32.4 Å². The van der Waals surface area contributed by atoms with Crippen molar-refractivity contribution in [2.75, 3.05) is 49.2 Å². The molecule has 8 heteroatoms. The molecule has 1 aromatic carbocycles. The first kappa shape index (κ1) is 20.6. The molecule has 0 aliphatic carbocycles. The molecule has 0 unspecified atom stereocenters. The molecular weight excluding hydrogens is 374 g/mol. The molecule has 2 fully saturated rings. The molecule has 2 heterocycles. The predicted molar refractivity (Wildman–Crippen MR) is 116 cm³/mol. The Morgan fingerprint density at radius 1 is 1.21 bits per heavy atom. The average Bonchev–Trinajstić information content (AvgIpc) is 2.74. The van der Waals surface area contributed by atoms with Crippen LogP contribution >= 0.6 is 11.8 Å². The van der Waals surface area contributed by atoms with Gasteiger partial charge < -0.3 is 25.6 Å². The number of aliphatic imine (C=N–C) groups is 1. The van der Waals surface area contributed by atoms with Crippen molar-refractivity contribution in [2.24, 2.45) is 10.7 Å². The number of nitrogens with one attached hydrogen (secondary N) is 1. The van der Waals surface area contributed by atoms with E-state index in [4.69, 9.17) is 10.5 Å². The lowest BCUT2D eigenvalue weighted by atomic mass is 10.1. The van der Waals surface area contributed by atoms with Crippen LogP contribution in [0, 0.1) is 0 Å². The third kappa shape index (κ3) is 5.95. The van der Waals surface area contributed by atoms with Crippen molar-refractivity contribution in [3.8, 4) is 0 Å². The van der Waals surface area contributed by atoms with Gasteiger partial charge in [0.05, 0.1) is 13.2 Å². The second-order valence-electron chi connectivity index (χ2n) is 7.07. The van der Waals surface area contributed by atoms with Crippen LogP contribution in [0.5, 0.6) is 0 Å². The summed E-state index contributed by atoms with van der Waals surface area (Å²) in [6.07, 6.45) is 1.46. The van der Waals surface area contributed by atoms with Crippen molar-refractivity contribution in [3.63, 3.8) is 0 Å². The number of piperidine rings is 1. The standard InChI is InChI=1S/C20H31N5O2S/c1-2-27-20(26)25-9-7-17(8-10-25)23-19(21)22-15-16-3-5-18(6-4-16)24-11-13-28-14-12-24/h3-6,17H,2,7-15H2,1H3,(H3,21,22,23). The monoisotopic (exact) mass is 405 g/mol. The topological polar surface area (TPSA) is 83.2 Å². The SMILES string of the molecule is CCOC(=O)N1CCC(NC(N)=NCc2ccc(N3CCSCC3)cc2)CC1. The van der Waals surface area contributed by atoms with Gasteiger partial charge in [-0.1, -0.05) is 12.1 Å². The minimum absolute atomic E-state index is 0.227. The van der Waals surface area contributed by atoms with E-state index in [0.717, 1.165) is 31.5 Å². The summed E-state index contributed by atoms with van der Waals surface area (Å²) in [4.78, 5) is 20.4. The van der Waals surface area contributed by atoms with E-state index in [1.165, 1.54) is 17.2 Å². The van der Waals surface area contributed by atoms with Gasteiger partial charge in [-0.25, -0.2) is 9.79 Å². The third-order valence-electron chi connectivity index (χ3n) is 5.12. The van der Waals surface area contributed by atoms with Crippen molar-refractivity contribution in [1.29, 1.82) is 0 Å². The van der Waals surface area contributed by atoms with Crippen molar-refractivity contribution >= 4 is 29.5 Å². The molecule has 3 rings (SSSR count). The highest BCUT2D eigenvalue weighted by Crippen LogP contribution is 2.20. The Kier molecular flexibility index (Phi) is 7.71. The molecule has 28 heavy (non-hydrogen) atoms. The number of ether oxygens (including phenoxy) is 1. The molecule has 2 saturated heterocycles. The maximum absolute atomic E-state index is 11.7. The first-order chi connectivity index (χ1) is 13.7. The Bertz CT molecular complexity index is 653. The summed E-state index contributed by atoms with van der Waals surface area (Å²) >= 11 is 2.02. The number of carbonyl (C=O) groups excluding carboxylic acids is 1. The molecule has 0 bridgehead atoms. The van der Waals surface area contributed by atoms with Gasteiger partial charge in [-0.2, -0.15) is 11.8 Å². The number of thioether (sulfide) groups is 1. The molecule has 0 spiro atoms. The van der Waals surface area contributed by atoms with E-state index in [1.807, 2.05) is 18.7 Å². The number of amides is 1. The molecule has 1 aromatic rings. The van der Waals surface area contributed by atoms with Crippen LogP contribution in [-0.4, -0.2) is 67.3 Å². The summed E-state index contributed by atoms with van der Waals surface area (Å²) in [6.45, 7) is 6.40. The van der Waals surface area contributed by atoms with E-state index in [2.05, 4.69) is 39.5 Å². The maximum Gasteiger partial charge on any atom is 0.409 e. The Hall–Kier alpha value is -2.09. The fraction of sp³-hybridized carbons (Fsp3) is 0.600. The van der Waals surface area contributed by atoms with Crippen LogP contribution in [-0.2, 0) is 11.3 Å². The van der Waals surface area contributed by atoms with Gasteiger partial charge in [0.25, 0.3) is 0 Å². The van der Waals surface area contributed by atoms with Crippen LogP contribution in [0.1, 0.15) is 25.3 Å². The minimum Gasteiger partial charge on any atom is -0.450 e. The van der Waals surface area contributed by atoms with Gasteiger partial charge in [0.1, 0.15) is 0 Å². The van der Waals surface area contributed by atoms with Gasteiger partial charge in [-0.05, 0) is 37.5 Å². The Morgan fingerprint density at radius 2 is 1.89 bits per heavy atom. The van der Waals surface area contributed by atoms with Gasteiger partial charge in [-0.3, -0.25) is 0 Å². The van der Waals surface area contributed by atoms with Crippen LogP contribution in [0.3, 0.4) is 0 Å². The maximum atomic E-state index is 11.7. The Morgan fingerprint density at radius 3 is 2.54 bits per heavy atom. The highest BCUT2D eigenvalue weighted by molar-refractivity contribution is 7.99. The zero-order valence-electron chi connectivity index (χ0n) is 16.6. The van der Waals surface area contributed by atoms with E-state index in [-0.39, 0.29) is 12.1 Å². The molecule has 154 valence electrons. The van der Waals surface area contributed by atoms with E-state index in [0.29, 0.717) is 32.2 Å². The predicted octanol–water partition coefficient (Wildman–Crippen LogP) is 2.27. The smallest absolute Gasteiger partial charge is 0.409 e. The number of benzene rings is 1. The summed E-state index contributed by atoms with van der Waals surface area (Å²) in [6, 6.07) is 8.86.